The van der Waals surface area contributed by atoms with E-state index in [4.69, 9.17) is 0 Å². The van der Waals surface area contributed by atoms with Crippen LogP contribution >= 0.6 is 0 Å². The molecule has 0 spiro atoms. The summed E-state index contributed by atoms with van der Waals surface area (Å²) in [6.07, 6.45) is 7.02. The molecule has 1 heterocycles. The van der Waals surface area contributed by atoms with Gasteiger partial charge in [0, 0.05) is 32.7 Å². The normalized spacial score (nSPS) is 18.9. The zero-order chi connectivity index (χ0) is 15.0. The lowest BCUT2D eigenvalue weighted by Crippen LogP contribution is -2.47. The van der Waals surface area contributed by atoms with Gasteiger partial charge in [-0.05, 0) is 30.7 Å². The van der Waals surface area contributed by atoms with Crippen molar-refractivity contribution in [3.05, 3.63) is 0 Å². The molecule has 0 aromatic rings. The fourth-order valence-corrected chi connectivity index (χ4v) is 3.06. The minimum atomic E-state index is 0.521. The van der Waals surface area contributed by atoms with Gasteiger partial charge in [0.05, 0.1) is 0 Å². The molecule has 0 bridgehead atoms. The zero-order valence-electron chi connectivity index (χ0n) is 14.7. The molecule has 0 atom stereocenters. The van der Waals surface area contributed by atoms with Gasteiger partial charge in [0.25, 0.3) is 0 Å². The quantitative estimate of drug-likeness (QED) is 0.614. The van der Waals surface area contributed by atoms with Gasteiger partial charge >= 0.3 is 0 Å². The van der Waals surface area contributed by atoms with Crippen LogP contribution in [-0.2, 0) is 0 Å². The maximum absolute atomic E-state index is 2.67. The van der Waals surface area contributed by atoms with Gasteiger partial charge in [0.2, 0.25) is 0 Å². The molecule has 1 fully saturated rings. The lowest BCUT2D eigenvalue weighted by Gasteiger charge is -2.35. The first-order valence-corrected chi connectivity index (χ1v) is 8.81. The Balaban J connectivity index is 1.96. The van der Waals surface area contributed by atoms with Crippen LogP contribution in [0.4, 0.5) is 0 Å². The molecule has 0 unspecified atom stereocenters. The van der Waals surface area contributed by atoms with Crippen molar-refractivity contribution >= 4 is 0 Å². The lowest BCUT2D eigenvalue weighted by molar-refractivity contribution is 0.121. The Hall–Kier alpha value is -0.0800. The third kappa shape index (κ3) is 8.97. The number of hydrogen-bond donors (Lipinski definition) is 0. The number of nitrogens with zero attached hydrogens (tertiary/aromatic N) is 2. The smallest absolute Gasteiger partial charge is 0.0110 e. The summed E-state index contributed by atoms with van der Waals surface area (Å²) in [5.74, 6) is 0.810. The van der Waals surface area contributed by atoms with Crippen LogP contribution < -0.4 is 0 Å². The van der Waals surface area contributed by atoms with E-state index < -0.39 is 0 Å². The van der Waals surface area contributed by atoms with E-state index in [2.05, 4.69) is 44.4 Å². The topological polar surface area (TPSA) is 6.48 Å². The van der Waals surface area contributed by atoms with Gasteiger partial charge in [-0.2, -0.15) is 0 Å². The van der Waals surface area contributed by atoms with Crippen LogP contribution in [0.1, 0.15) is 66.7 Å². The van der Waals surface area contributed by atoms with Crippen molar-refractivity contribution in [2.24, 2.45) is 11.3 Å². The fraction of sp³-hybridized carbons (Fsp3) is 1.00. The molecule has 0 amide bonds. The maximum Gasteiger partial charge on any atom is 0.0110 e. The average Bonchev–Trinajstić information content (AvgIpc) is 2.33. The summed E-state index contributed by atoms with van der Waals surface area (Å²) in [5, 5.41) is 0. The van der Waals surface area contributed by atoms with Gasteiger partial charge in [-0.3, -0.25) is 0 Å². The van der Waals surface area contributed by atoms with Gasteiger partial charge < -0.3 is 9.80 Å². The molecular formula is C18H38N2. The molecule has 1 aliphatic rings. The Morgan fingerprint density at radius 1 is 0.800 bits per heavy atom. The largest absolute Gasteiger partial charge is 0.301 e. The Morgan fingerprint density at radius 3 is 1.90 bits per heavy atom. The number of hydrogen-bond acceptors (Lipinski definition) is 2. The van der Waals surface area contributed by atoms with Gasteiger partial charge in [0.1, 0.15) is 0 Å². The summed E-state index contributed by atoms with van der Waals surface area (Å²) in [6.45, 7) is 19.4. The molecule has 0 saturated carbocycles. The second kappa shape index (κ2) is 9.04. The minimum Gasteiger partial charge on any atom is -0.301 e. The fourth-order valence-electron chi connectivity index (χ4n) is 3.06. The first-order chi connectivity index (χ1) is 9.37. The predicted octanol–water partition coefficient (Wildman–Crippen LogP) is 4.26. The highest BCUT2D eigenvalue weighted by molar-refractivity contribution is 4.72. The van der Waals surface area contributed by atoms with Gasteiger partial charge in [-0.25, -0.2) is 0 Å². The van der Waals surface area contributed by atoms with Crippen molar-refractivity contribution in [1.82, 2.24) is 9.80 Å². The van der Waals surface area contributed by atoms with E-state index >= 15 is 0 Å². The van der Waals surface area contributed by atoms with Crippen LogP contribution in [0, 0.1) is 11.3 Å². The minimum absolute atomic E-state index is 0.521. The van der Waals surface area contributed by atoms with Crippen molar-refractivity contribution in [1.29, 1.82) is 0 Å². The second-order valence-corrected chi connectivity index (χ2v) is 8.26. The molecule has 0 radical (unpaired) electrons. The summed E-state index contributed by atoms with van der Waals surface area (Å²) >= 11 is 0. The van der Waals surface area contributed by atoms with E-state index in [1.165, 1.54) is 71.4 Å². The van der Waals surface area contributed by atoms with Gasteiger partial charge in [0.15, 0.2) is 0 Å². The summed E-state index contributed by atoms with van der Waals surface area (Å²) in [6, 6.07) is 0. The van der Waals surface area contributed by atoms with Crippen molar-refractivity contribution in [3.8, 4) is 0 Å². The van der Waals surface area contributed by atoms with Crippen LogP contribution in [0.5, 0.6) is 0 Å². The molecule has 2 heteroatoms. The summed E-state index contributed by atoms with van der Waals surface area (Å²) in [7, 11) is 0. The molecule has 1 aliphatic heterocycles. The van der Waals surface area contributed by atoms with E-state index in [0.717, 1.165) is 5.92 Å². The van der Waals surface area contributed by atoms with Crippen molar-refractivity contribution in [2.45, 2.75) is 66.7 Å². The van der Waals surface area contributed by atoms with Crippen LogP contribution in [0.2, 0.25) is 0 Å². The number of unbranched alkanes of at least 4 members (excludes halogenated alkanes) is 3. The van der Waals surface area contributed by atoms with E-state index in [1.54, 1.807) is 0 Å². The molecule has 0 aliphatic carbocycles. The molecule has 20 heavy (non-hydrogen) atoms. The van der Waals surface area contributed by atoms with Crippen LogP contribution in [-0.4, -0.2) is 49.1 Å². The lowest BCUT2D eigenvalue weighted by atomic mass is 9.89. The highest BCUT2D eigenvalue weighted by Crippen LogP contribution is 2.22. The zero-order valence-corrected chi connectivity index (χ0v) is 14.7. The Labute approximate surface area is 127 Å². The van der Waals surface area contributed by atoms with Crippen LogP contribution in [0.15, 0.2) is 0 Å². The molecule has 0 aromatic carbocycles. The van der Waals surface area contributed by atoms with E-state index in [-0.39, 0.29) is 0 Å². The van der Waals surface area contributed by atoms with E-state index in [0.29, 0.717) is 5.41 Å². The van der Waals surface area contributed by atoms with Crippen molar-refractivity contribution in [3.63, 3.8) is 0 Å². The molecule has 1 rings (SSSR count). The monoisotopic (exact) mass is 282 g/mol. The Bertz CT molecular complexity index is 234. The second-order valence-electron chi connectivity index (χ2n) is 8.26. The molecule has 0 aromatic heterocycles. The van der Waals surface area contributed by atoms with Gasteiger partial charge in [-0.15, -0.1) is 0 Å². The maximum atomic E-state index is 2.67. The first kappa shape index (κ1) is 18.0. The molecule has 0 N–H and O–H groups in total. The third-order valence-electron chi connectivity index (χ3n) is 4.24. The molecule has 2 nitrogen and oxygen atoms in total. The third-order valence-corrected chi connectivity index (χ3v) is 4.24. The van der Waals surface area contributed by atoms with Crippen LogP contribution in [0.3, 0.4) is 0 Å². The highest BCUT2D eigenvalue weighted by atomic mass is 15.3. The number of rotatable bonds is 8. The molecule has 1 saturated heterocycles. The van der Waals surface area contributed by atoms with Crippen LogP contribution in [0.25, 0.3) is 0 Å². The Kier molecular flexibility index (Phi) is 8.13. The van der Waals surface area contributed by atoms with Crippen molar-refractivity contribution in [2.75, 3.05) is 39.3 Å². The SMILES string of the molecule is CC(C)CN1CCN(CCCCCCC(C)(C)C)CC1. The highest BCUT2D eigenvalue weighted by Gasteiger charge is 2.16. The Morgan fingerprint density at radius 2 is 1.35 bits per heavy atom. The number of piperazine rings is 1. The van der Waals surface area contributed by atoms with Crippen molar-refractivity contribution < 1.29 is 0 Å². The standard InChI is InChI=1S/C18H38N2/c1-17(2)16-20-14-12-19(13-15-20)11-9-7-6-8-10-18(3,4)5/h17H,6-16H2,1-5H3. The average molecular weight is 283 g/mol. The van der Waals surface area contributed by atoms with E-state index in [9.17, 15) is 0 Å². The summed E-state index contributed by atoms with van der Waals surface area (Å²) < 4.78 is 0. The summed E-state index contributed by atoms with van der Waals surface area (Å²) in [5.41, 5.74) is 0.521. The summed E-state index contributed by atoms with van der Waals surface area (Å²) in [4.78, 5) is 5.30. The predicted molar refractivity (Wildman–Crippen MR) is 90.3 cm³/mol. The van der Waals surface area contributed by atoms with E-state index in [1.807, 2.05) is 0 Å². The molecule has 120 valence electrons. The first-order valence-electron chi connectivity index (χ1n) is 8.81. The van der Waals surface area contributed by atoms with Gasteiger partial charge in [-0.1, -0.05) is 53.9 Å². The molecular weight excluding hydrogens is 244 g/mol.